The summed E-state index contributed by atoms with van der Waals surface area (Å²) in [5.41, 5.74) is 2.46. The van der Waals surface area contributed by atoms with Gasteiger partial charge in [0.25, 0.3) is 0 Å². The van der Waals surface area contributed by atoms with E-state index in [1.165, 1.54) is 50.7 Å². The van der Waals surface area contributed by atoms with Gasteiger partial charge < -0.3 is 4.74 Å². The summed E-state index contributed by atoms with van der Waals surface area (Å²) >= 11 is 0. The zero-order valence-corrected chi connectivity index (χ0v) is 16.1. The molecule has 0 amide bonds. The molecule has 3 heteroatoms. The summed E-state index contributed by atoms with van der Waals surface area (Å²) in [5, 5.41) is 0. The average molecular weight is 368 g/mol. The number of benzene rings is 2. The highest BCUT2D eigenvalue weighted by atomic mass is 19.1. The molecule has 2 nitrogen and oxygen atoms in total. The predicted molar refractivity (Wildman–Crippen MR) is 107 cm³/mol. The molecule has 2 aromatic carbocycles. The second-order valence-corrected chi connectivity index (χ2v) is 7.63. The summed E-state index contributed by atoms with van der Waals surface area (Å²) in [7, 11) is 0. The lowest BCUT2D eigenvalue weighted by Gasteiger charge is -2.28. The average Bonchev–Trinajstić information content (AvgIpc) is 2.70. The van der Waals surface area contributed by atoms with Crippen LogP contribution in [0.3, 0.4) is 0 Å². The van der Waals surface area contributed by atoms with Crippen molar-refractivity contribution in [2.75, 3.05) is 0 Å². The van der Waals surface area contributed by atoms with Gasteiger partial charge in [-0.25, -0.2) is 9.18 Å². The Labute approximate surface area is 161 Å². The first-order valence-electron chi connectivity index (χ1n) is 10.2. The summed E-state index contributed by atoms with van der Waals surface area (Å²) < 4.78 is 18.8. The fourth-order valence-corrected chi connectivity index (χ4v) is 3.88. The van der Waals surface area contributed by atoms with Crippen molar-refractivity contribution < 1.29 is 13.9 Å². The van der Waals surface area contributed by atoms with E-state index in [0.717, 1.165) is 29.9 Å². The molecule has 27 heavy (non-hydrogen) atoms. The number of unbranched alkanes of at least 4 members (excludes halogenated alkanes) is 2. The molecule has 1 fully saturated rings. The van der Waals surface area contributed by atoms with Crippen LogP contribution >= 0.6 is 0 Å². The first kappa shape index (κ1) is 19.6. The Bertz CT molecular complexity index is 713. The Hall–Kier alpha value is -2.16. The third-order valence-corrected chi connectivity index (χ3v) is 5.58. The van der Waals surface area contributed by atoms with Gasteiger partial charge in [0.2, 0.25) is 0 Å². The number of halogens is 1. The minimum Gasteiger partial charge on any atom is -0.459 e. The monoisotopic (exact) mass is 368 g/mol. The van der Waals surface area contributed by atoms with Gasteiger partial charge in [0.1, 0.15) is 11.9 Å². The molecular weight excluding hydrogens is 339 g/mol. The van der Waals surface area contributed by atoms with Gasteiger partial charge in [0.05, 0.1) is 5.56 Å². The fraction of sp³-hybridized carbons (Fsp3) is 0.458. The Balaban J connectivity index is 1.49. The normalized spacial score (nSPS) is 19.6. The number of hydrogen-bond donors (Lipinski definition) is 0. The van der Waals surface area contributed by atoms with Gasteiger partial charge in [0, 0.05) is 0 Å². The van der Waals surface area contributed by atoms with Gasteiger partial charge in [-0.15, -0.1) is 0 Å². The van der Waals surface area contributed by atoms with Crippen LogP contribution in [0.1, 0.15) is 68.6 Å². The van der Waals surface area contributed by atoms with E-state index in [9.17, 15) is 9.18 Å². The van der Waals surface area contributed by atoms with Gasteiger partial charge in [0.15, 0.2) is 0 Å². The molecule has 3 rings (SSSR count). The highest BCUT2D eigenvalue weighted by Crippen LogP contribution is 2.30. The van der Waals surface area contributed by atoms with Crippen LogP contribution in [0.5, 0.6) is 0 Å². The van der Waals surface area contributed by atoms with Crippen LogP contribution in [0.2, 0.25) is 0 Å². The maximum atomic E-state index is 13.0. The number of carbonyl (C=O) groups excluding carboxylic acids is 1. The summed E-state index contributed by atoms with van der Waals surface area (Å²) in [6, 6.07) is 13.7. The smallest absolute Gasteiger partial charge is 0.338 e. The van der Waals surface area contributed by atoms with Crippen molar-refractivity contribution in [1.82, 2.24) is 0 Å². The van der Waals surface area contributed by atoms with E-state index < -0.39 is 0 Å². The van der Waals surface area contributed by atoms with Crippen molar-refractivity contribution in [2.45, 2.75) is 64.4 Å². The van der Waals surface area contributed by atoms with Crippen molar-refractivity contribution in [1.29, 1.82) is 0 Å². The molecule has 2 aromatic rings. The maximum Gasteiger partial charge on any atom is 0.338 e. The van der Waals surface area contributed by atoms with E-state index in [-0.39, 0.29) is 17.9 Å². The molecule has 0 saturated heterocycles. The zero-order chi connectivity index (χ0) is 19.1. The summed E-state index contributed by atoms with van der Waals surface area (Å²) in [6.07, 6.45) is 9.60. The predicted octanol–water partition coefficient (Wildman–Crippen LogP) is 6.79. The van der Waals surface area contributed by atoms with Crippen LogP contribution in [-0.2, 0) is 4.74 Å². The third-order valence-electron chi connectivity index (χ3n) is 5.58. The van der Waals surface area contributed by atoms with E-state index in [4.69, 9.17) is 4.74 Å². The Morgan fingerprint density at radius 2 is 1.52 bits per heavy atom. The number of ether oxygens (including phenoxy) is 1. The topological polar surface area (TPSA) is 26.3 Å². The van der Waals surface area contributed by atoms with E-state index in [1.54, 1.807) is 24.3 Å². The molecule has 0 unspecified atom stereocenters. The second kappa shape index (κ2) is 9.68. The first-order valence-corrected chi connectivity index (χ1v) is 10.2. The number of esters is 1. The molecule has 0 aliphatic heterocycles. The largest absolute Gasteiger partial charge is 0.459 e. The third kappa shape index (κ3) is 5.66. The van der Waals surface area contributed by atoms with Gasteiger partial charge in [-0.05, 0) is 67.0 Å². The fourth-order valence-electron chi connectivity index (χ4n) is 3.88. The minimum absolute atomic E-state index is 0.0525. The number of carbonyl (C=O) groups is 1. The molecule has 0 spiro atoms. The van der Waals surface area contributed by atoms with Crippen molar-refractivity contribution in [3.05, 3.63) is 59.9 Å². The highest BCUT2D eigenvalue weighted by molar-refractivity contribution is 5.90. The minimum atomic E-state index is -0.251. The Kier molecular flexibility index (Phi) is 7.03. The van der Waals surface area contributed by atoms with Gasteiger partial charge in [-0.3, -0.25) is 0 Å². The molecule has 144 valence electrons. The van der Waals surface area contributed by atoms with E-state index in [2.05, 4.69) is 6.92 Å². The molecule has 1 saturated carbocycles. The standard InChI is InChI=1S/C24H29FO2/c1-2-3-4-5-18-6-16-23(17-7-18)27-24(26)21-10-8-19(9-11-21)20-12-14-22(25)15-13-20/h8-15,18,23H,2-7,16-17H2,1H3. The van der Waals surface area contributed by atoms with Crippen LogP contribution in [0, 0.1) is 11.7 Å². The van der Waals surface area contributed by atoms with Crippen LogP contribution < -0.4 is 0 Å². The van der Waals surface area contributed by atoms with Crippen molar-refractivity contribution in [3.63, 3.8) is 0 Å². The molecular formula is C24H29FO2. The van der Waals surface area contributed by atoms with Gasteiger partial charge in [-0.2, -0.15) is 0 Å². The zero-order valence-electron chi connectivity index (χ0n) is 16.1. The summed E-state index contributed by atoms with van der Waals surface area (Å²) in [6.45, 7) is 2.24. The van der Waals surface area contributed by atoms with Crippen molar-refractivity contribution >= 4 is 5.97 Å². The number of rotatable bonds is 7. The van der Waals surface area contributed by atoms with E-state index >= 15 is 0 Å². The van der Waals surface area contributed by atoms with Crippen LogP contribution in [0.4, 0.5) is 4.39 Å². The Morgan fingerprint density at radius 3 is 2.11 bits per heavy atom. The first-order chi connectivity index (χ1) is 13.2. The van der Waals surface area contributed by atoms with Crippen LogP contribution in [0.25, 0.3) is 11.1 Å². The molecule has 0 aromatic heterocycles. The summed E-state index contributed by atoms with van der Waals surface area (Å²) in [5.74, 6) is 0.315. The number of hydrogen-bond acceptors (Lipinski definition) is 2. The summed E-state index contributed by atoms with van der Waals surface area (Å²) in [4.78, 5) is 12.4. The lowest BCUT2D eigenvalue weighted by atomic mass is 9.84. The van der Waals surface area contributed by atoms with E-state index in [0.29, 0.717) is 5.56 Å². The molecule has 1 aliphatic rings. The quantitative estimate of drug-likeness (QED) is 0.397. The Morgan fingerprint density at radius 1 is 0.926 bits per heavy atom. The lowest BCUT2D eigenvalue weighted by Crippen LogP contribution is -2.24. The van der Waals surface area contributed by atoms with E-state index in [1.807, 2.05) is 12.1 Å². The molecule has 1 aliphatic carbocycles. The molecule has 0 N–H and O–H groups in total. The molecule has 0 radical (unpaired) electrons. The molecule has 0 atom stereocenters. The van der Waals surface area contributed by atoms with Crippen LogP contribution in [-0.4, -0.2) is 12.1 Å². The van der Waals surface area contributed by atoms with Crippen molar-refractivity contribution in [3.8, 4) is 11.1 Å². The lowest BCUT2D eigenvalue weighted by molar-refractivity contribution is 0.0161. The molecule has 0 bridgehead atoms. The maximum absolute atomic E-state index is 13.0. The van der Waals surface area contributed by atoms with Crippen LogP contribution in [0.15, 0.2) is 48.5 Å². The highest BCUT2D eigenvalue weighted by Gasteiger charge is 2.24. The van der Waals surface area contributed by atoms with Crippen molar-refractivity contribution in [2.24, 2.45) is 5.92 Å². The molecule has 0 heterocycles. The SMILES string of the molecule is CCCCCC1CCC(OC(=O)c2ccc(-c3ccc(F)cc3)cc2)CC1. The van der Waals surface area contributed by atoms with Gasteiger partial charge >= 0.3 is 5.97 Å². The second-order valence-electron chi connectivity index (χ2n) is 7.63. The van der Waals surface area contributed by atoms with Gasteiger partial charge in [-0.1, -0.05) is 56.9 Å².